The van der Waals surface area contributed by atoms with Crippen molar-refractivity contribution in [1.29, 1.82) is 0 Å². The van der Waals surface area contributed by atoms with E-state index >= 15 is 0 Å². The van der Waals surface area contributed by atoms with E-state index in [9.17, 15) is 4.79 Å². The number of carbonyl (C=O) groups excluding carboxylic acids is 1. The zero-order valence-corrected chi connectivity index (χ0v) is 11.4. The highest BCUT2D eigenvalue weighted by Crippen LogP contribution is 2.20. The molecule has 2 aromatic heterocycles. The van der Waals surface area contributed by atoms with E-state index in [1.165, 1.54) is 18.9 Å². The summed E-state index contributed by atoms with van der Waals surface area (Å²) in [6, 6.07) is 3.26. The zero-order chi connectivity index (χ0) is 13.8. The van der Waals surface area contributed by atoms with Crippen LogP contribution in [0.25, 0.3) is 0 Å². The highest BCUT2D eigenvalue weighted by molar-refractivity contribution is 7.99. The fourth-order valence-electron chi connectivity index (χ4n) is 1.51. The van der Waals surface area contributed by atoms with Gasteiger partial charge in [-0.15, -0.1) is 10.2 Å². The molecule has 0 spiro atoms. The molecule has 0 fully saturated rings. The lowest BCUT2D eigenvalue weighted by Crippen LogP contribution is -2.05. The van der Waals surface area contributed by atoms with E-state index in [1.807, 2.05) is 6.92 Å². The fraction of sp³-hybridized carbons (Fsp3) is 0.364. The standard InChI is InChI=1S/C11H14N4O3S/c1-3-19-11-14-13-10(12)15(11)6-7-4-5-8(18-7)9(16)17-2/h4-5H,3,6H2,1-2H3,(H2,12,13). The minimum atomic E-state index is -0.508. The third kappa shape index (κ3) is 2.90. The topological polar surface area (TPSA) is 96.2 Å². The number of aromatic nitrogens is 3. The van der Waals surface area contributed by atoms with Crippen molar-refractivity contribution in [2.45, 2.75) is 18.6 Å². The van der Waals surface area contributed by atoms with Crippen molar-refractivity contribution in [1.82, 2.24) is 14.8 Å². The van der Waals surface area contributed by atoms with Gasteiger partial charge in [-0.3, -0.25) is 4.57 Å². The summed E-state index contributed by atoms with van der Waals surface area (Å²) in [6.07, 6.45) is 0. The maximum Gasteiger partial charge on any atom is 0.373 e. The Morgan fingerprint density at radius 2 is 2.32 bits per heavy atom. The van der Waals surface area contributed by atoms with Gasteiger partial charge in [0.15, 0.2) is 5.16 Å². The van der Waals surface area contributed by atoms with Gasteiger partial charge in [0.2, 0.25) is 11.7 Å². The van der Waals surface area contributed by atoms with Crippen LogP contribution in [-0.4, -0.2) is 33.6 Å². The number of ether oxygens (including phenoxy) is 1. The van der Waals surface area contributed by atoms with Crippen LogP contribution >= 0.6 is 11.8 Å². The minimum Gasteiger partial charge on any atom is -0.463 e. The monoisotopic (exact) mass is 282 g/mol. The second kappa shape index (κ2) is 5.79. The van der Waals surface area contributed by atoms with E-state index in [4.69, 9.17) is 10.2 Å². The van der Waals surface area contributed by atoms with E-state index in [0.29, 0.717) is 18.3 Å². The van der Waals surface area contributed by atoms with Crippen LogP contribution in [0.15, 0.2) is 21.7 Å². The summed E-state index contributed by atoms with van der Waals surface area (Å²) < 4.78 is 11.7. The first-order chi connectivity index (χ1) is 9.15. The molecule has 0 saturated carbocycles. The number of hydrogen-bond donors (Lipinski definition) is 1. The number of hydrogen-bond acceptors (Lipinski definition) is 7. The number of nitrogen functional groups attached to an aromatic ring is 1. The summed E-state index contributed by atoms with van der Waals surface area (Å²) >= 11 is 1.54. The van der Waals surface area contributed by atoms with Crippen molar-refractivity contribution >= 4 is 23.7 Å². The second-order valence-corrected chi connectivity index (χ2v) is 4.85. The van der Waals surface area contributed by atoms with Gasteiger partial charge in [-0.2, -0.15) is 0 Å². The average molecular weight is 282 g/mol. The number of esters is 1. The molecule has 2 rings (SSSR count). The molecule has 8 heteroatoms. The lowest BCUT2D eigenvalue weighted by Gasteiger charge is -2.04. The Kier molecular flexibility index (Phi) is 4.10. The SMILES string of the molecule is CCSc1nnc(N)n1Cc1ccc(C(=O)OC)o1. The summed E-state index contributed by atoms with van der Waals surface area (Å²) in [7, 11) is 1.30. The first-order valence-corrected chi connectivity index (χ1v) is 6.62. The summed E-state index contributed by atoms with van der Waals surface area (Å²) in [4.78, 5) is 11.3. The van der Waals surface area contributed by atoms with Gasteiger partial charge in [-0.1, -0.05) is 18.7 Å². The van der Waals surface area contributed by atoms with Crippen molar-refractivity contribution < 1.29 is 13.9 Å². The van der Waals surface area contributed by atoms with Crippen LogP contribution in [0, 0.1) is 0 Å². The predicted octanol–water partition coefficient (Wildman–Crippen LogP) is 1.40. The highest BCUT2D eigenvalue weighted by Gasteiger charge is 2.14. The summed E-state index contributed by atoms with van der Waals surface area (Å²) in [5.74, 6) is 1.42. The number of rotatable bonds is 5. The molecule has 0 aromatic carbocycles. The number of carbonyl (C=O) groups is 1. The van der Waals surface area contributed by atoms with Crippen LogP contribution < -0.4 is 5.73 Å². The van der Waals surface area contributed by atoms with Gasteiger partial charge in [0.25, 0.3) is 0 Å². The average Bonchev–Trinajstić information content (AvgIpc) is 3.00. The van der Waals surface area contributed by atoms with Crippen LogP contribution in [-0.2, 0) is 11.3 Å². The smallest absolute Gasteiger partial charge is 0.373 e. The van der Waals surface area contributed by atoms with E-state index in [-0.39, 0.29) is 5.76 Å². The molecular formula is C11H14N4O3S. The zero-order valence-electron chi connectivity index (χ0n) is 10.6. The number of nitrogens with two attached hydrogens (primary N) is 1. The van der Waals surface area contributed by atoms with Crippen molar-refractivity contribution in [2.24, 2.45) is 0 Å². The molecule has 0 atom stereocenters. The Hall–Kier alpha value is -1.96. The van der Waals surface area contributed by atoms with Crippen LogP contribution in [0.3, 0.4) is 0 Å². The molecule has 0 unspecified atom stereocenters. The molecule has 0 radical (unpaired) electrons. The van der Waals surface area contributed by atoms with E-state index in [0.717, 1.165) is 10.9 Å². The molecule has 0 aliphatic heterocycles. The van der Waals surface area contributed by atoms with Crippen molar-refractivity contribution in [3.05, 3.63) is 23.7 Å². The molecule has 2 N–H and O–H groups in total. The van der Waals surface area contributed by atoms with Gasteiger partial charge in [-0.05, 0) is 17.9 Å². The summed E-state index contributed by atoms with van der Waals surface area (Å²) in [6.45, 7) is 2.39. The Morgan fingerprint density at radius 3 is 3.00 bits per heavy atom. The van der Waals surface area contributed by atoms with Gasteiger partial charge in [0.1, 0.15) is 5.76 Å². The Bertz CT molecular complexity index is 578. The number of furan rings is 1. The molecule has 0 saturated heterocycles. The Balaban J connectivity index is 2.19. The van der Waals surface area contributed by atoms with Gasteiger partial charge in [0, 0.05) is 0 Å². The molecule has 7 nitrogen and oxygen atoms in total. The van der Waals surface area contributed by atoms with Crippen LogP contribution in [0.5, 0.6) is 0 Å². The van der Waals surface area contributed by atoms with E-state index in [2.05, 4.69) is 14.9 Å². The molecule has 102 valence electrons. The molecule has 0 amide bonds. The van der Waals surface area contributed by atoms with Crippen molar-refractivity contribution in [3.8, 4) is 0 Å². The number of methoxy groups -OCH3 is 1. The van der Waals surface area contributed by atoms with Crippen molar-refractivity contribution in [3.63, 3.8) is 0 Å². The lowest BCUT2D eigenvalue weighted by atomic mass is 10.4. The van der Waals surface area contributed by atoms with Gasteiger partial charge in [0.05, 0.1) is 13.7 Å². The molecule has 2 heterocycles. The minimum absolute atomic E-state index is 0.161. The van der Waals surface area contributed by atoms with Crippen LogP contribution in [0.2, 0.25) is 0 Å². The summed E-state index contributed by atoms with van der Waals surface area (Å²) in [5.41, 5.74) is 5.75. The number of nitrogens with zero attached hydrogens (tertiary/aromatic N) is 3. The Morgan fingerprint density at radius 1 is 1.53 bits per heavy atom. The highest BCUT2D eigenvalue weighted by atomic mass is 32.2. The molecular weight excluding hydrogens is 268 g/mol. The van der Waals surface area contributed by atoms with E-state index in [1.54, 1.807) is 16.7 Å². The van der Waals surface area contributed by atoms with Crippen molar-refractivity contribution in [2.75, 3.05) is 18.6 Å². The molecule has 19 heavy (non-hydrogen) atoms. The number of thioether (sulfide) groups is 1. The van der Waals surface area contributed by atoms with Gasteiger partial charge in [-0.25, -0.2) is 4.79 Å². The maximum atomic E-state index is 11.3. The van der Waals surface area contributed by atoms with Crippen LogP contribution in [0.4, 0.5) is 5.95 Å². The molecule has 0 aliphatic carbocycles. The molecule has 0 bridgehead atoms. The first-order valence-electron chi connectivity index (χ1n) is 5.64. The fourth-order valence-corrected chi connectivity index (χ4v) is 2.18. The first kappa shape index (κ1) is 13.5. The van der Waals surface area contributed by atoms with E-state index < -0.39 is 5.97 Å². The Labute approximate surface area is 114 Å². The third-order valence-corrected chi connectivity index (χ3v) is 3.23. The normalized spacial score (nSPS) is 10.6. The quantitative estimate of drug-likeness (QED) is 0.654. The van der Waals surface area contributed by atoms with Crippen LogP contribution in [0.1, 0.15) is 23.2 Å². The molecule has 2 aromatic rings. The summed E-state index contributed by atoms with van der Waals surface area (Å²) in [5, 5.41) is 8.52. The van der Waals surface area contributed by atoms with Gasteiger partial charge >= 0.3 is 5.97 Å². The molecule has 0 aliphatic rings. The largest absolute Gasteiger partial charge is 0.463 e. The number of anilines is 1. The maximum absolute atomic E-state index is 11.3. The third-order valence-electron chi connectivity index (χ3n) is 2.38. The predicted molar refractivity (Wildman–Crippen MR) is 70.0 cm³/mol. The second-order valence-electron chi connectivity index (χ2n) is 3.62. The lowest BCUT2D eigenvalue weighted by molar-refractivity contribution is 0.0563. The van der Waals surface area contributed by atoms with Gasteiger partial charge < -0.3 is 14.9 Å².